The lowest BCUT2D eigenvalue weighted by molar-refractivity contribution is 0.112. The van der Waals surface area contributed by atoms with Crippen molar-refractivity contribution in [3.63, 3.8) is 0 Å². The van der Waals surface area contributed by atoms with Gasteiger partial charge >= 0.3 is 0 Å². The number of halogens is 2. The molecule has 0 aliphatic heterocycles. The lowest BCUT2D eigenvalue weighted by Crippen LogP contribution is -2.04. The van der Waals surface area contributed by atoms with Gasteiger partial charge in [0.05, 0.1) is 18.1 Å². The van der Waals surface area contributed by atoms with Crippen LogP contribution in [0.5, 0.6) is 0 Å². The summed E-state index contributed by atoms with van der Waals surface area (Å²) in [7, 11) is 0. The van der Waals surface area contributed by atoms with Gasteiger partial charge in [-0.1, -0.05) is 0 Å². The SMILES string of the molecule is O=Cc1cc(F)c(F)cc1-n1nccn1. The fourth-order valence-corrected chi connectivity index (χ4v) is 1.16. The van der Waals surface area contributed by atoms with E-state index in [0.717, 1.165) is 16.9 Å². The summed E-state index contributed by atoms with van der Waals surface area (Å²) < 4.78 is 25.7. The number of nitrogens with zero attached hydrogens (tertiary/aromatic N) is 3. The molecule has 0 radical (unpaired) electrons. The van der Waals surface area contributed by atoms with Crippen molar-refractivity contribution in [2.24, 2.45) is 0 Å². The van der Waals surface area contributed by atoms with Crippen molar-refractivity contribution in [1.29, 1.82) is 0 Å². The summed E-state index contributed by atoms with van der Waals surface area (Å²) in [5, 5.41) is 7.45. The van der Waals surface area contributed by atoms with E-state index in [-0.39, 0.29) is 11.3 Å². The van der Waals surface area contributed by atoms with Crippen molar-refractivity contribution in [2.45, 2.75) is 0 Å². The van der Waals surface area contributed by atoms with Crippen LogP contribution in [0.2, 0.25) is 0 Å². The Balaban J connectivity index is 2.65. The number of aldehydes is 1. The number of carbonyl (C=O) groups is 1. The number of carbonyl (C=O) groups excluding carboxylic acids is 1. The van der Waals surface area contributed by atoms with E-state index in [1.54, 1.807) is 0 Å². The number of hydrogen-bond donors (Lipinski definition) is 0. The molecule has 0 aliphatic rings. The van der Waals surface area contributed by atoms with Crippen LogP contribution < -0.4 is 0 Å². The Morgan fingerprint density at radius 2 is 1.73 bits per heavy atom. The number of rotatable bonds is 2. The Labute approximate surface area is 83.1 Å². The van der Waals surface area contributed by atoms with Crippen LogP contribution in [0.25, 0.3) is 5.69 Å². The Morgan fingerprint density at radius 1 is 1.13 bits per heavy atom. The van der Waals surface area contributed by atoms with Crippen LogP contribution in [-0.2, 0) is 0 Å². The summed E-state index contributed by atoms with van der Waals surface area (Å²) in [4.78, 5) is 11.7. The quantitative estimate of drug-likeness (QED) is 0.701. The van der Waals surface area contributed by atoms with Gasteiger partial charge in [0.15, 0.2) is 17.9 Å². The molecule has 0 saturated carbocycles. The Morgan fingerprint density at radius 3 is 2.33 bits per heavy atom. The minimum Gasteiger partial charge on any atom is -0.298 e. The summed E-state index contributed by atoms with van der Waals surface area (Å²) in [6.45, 7) is 0. The second kappa shape index (κ2) is 3.56. The van der Waals surface area contributed by atoms with E-state index in [9.17, 15) is 13.6 Å². The van der Waals surface area contributed by atoms with Gasteiger partial charge in [0.25, 0.3) is 0 Å². The molecule has 0 spiro atoms. The van der Waals surface area contributed by atoms with Crippen LogP contribution in [0, 0.1) is 11.6 Å². The molecule has 0 N–H and O–H groups in total. The van der Waals surface area contributed by atoms with Crippen molar-refractivity contribution in [3.8, 4) is 5.69 Å². The third kappa shape index (κ3) is 1.61. The van der Waals surface area contributed by atoms with Crippen molar-refractivity contribution in [1.82, 2.24) is 15.0 Å². The van der Waals surface area contributed by atoms with E-state index in [0.29, 0.717) is 6.29 Å². The van der Waals surface area contributed by atoms with Crippen molar-refractivity contribution in [2.75, 3.05) is 0 Å². The zero-order chi connectivity index (χ0) is 10.8. The summed E-state index contributed by atoms with van der Waals surface area (Å²) in [6, 6.07) is 1.68. The average molecular weight is 209 g/mol. The Hall–Kier alpha value is -2.11. The van der Waals surface area contributed by atoms with Gasteiger partial charge in [-0.25, -0.2) is 8.78 Å². The molecule has 0 saturated heterocycles. The van der Waals surface area contributed by atoms with Gasteiger partial charge in [0.1, 0.15) is 0 Å². The van der Waals surface area contributed by atoms with Crippen molar-refractivity contribution >= 4 is 6.29 Å². The monoisotopic (exact) mass is 209 g/mol. The van der Waals surface area contributed by atoms with Gasteiger partial charge in [0.2, 0.25) is 0 Å². The van der Waals surface area contributed by atoms with Crippen LogP contribution in [-0.4, -0.2) is 21.3 Å². The normalized spacial score (nSPS) is 10.3. The highest BCUT2D eigenvalue weighted by atomic mass is 19.2. The summed E-state index contributed by atoms with van der Waals surface area (Å²) in [5.41, 5.74) is 0.0963. The predicted molar refractivity (Wildman–Crippen MR) is 46.7 cm³/mol. The third-order valence-electron chi connectivity index (χ3n) is 1.83. The number of aromatic nitrogens is 3. The maximum atomic E-state index is 12.9. The maximum absolute atomic E-state index is 12.9. The van der Waals surface area contributed by atoms with Gasteiger partial charge in [-0.3, -0.25) is 4.79 Å². The Kier molecular flexibility index (Phi) is 2.24. The van der Waals surface area contributed by atoms with E-state index < -0.39 is 11.6 Å². The molecule has 1 aromatic carbocycles. The van der Waals surface area contributed by atoms with Gasteiger partial charge in [0, 0.05) is 11.6 Å². The largest absolute Gasteiger partial charge is 0.298 e. The molecule has 76 valence electrons. The highest BCUT2D eigenvalue weighted by Crippen LogP contribution is 2.15. The maximum Gasteiger partial charge on any atom is 0.161 e. The lowest BCUT2D eigenvalue weighted by atomic mass is 10.2. The third-order valence-corrected chi connectivity index (χ3v) is 1.83. The molecule has 6 heteroatoms. The summed E-state index contributed by atoms with van der Waals surface area (Å²) >= 11 is 0. The molecule has 0 fully saturated rings. The average Bonchev–Trinajstić information content (AvgIpc) is 2.74. The highest BCUT2D eigenvalue weighted by Gasteiger charge is 2.11. The molecule has 0 unspecified atom stereocenters. The first kappa shape index (κ1) is 9.45. The van der Waals surface area contributed by atoms with E-state index in [4.69, 9.17) is 0 Å². The smallest absolute Gasteiger partial charge is 0.161 e. The molecule has 1 aromatic heterocycles. The topological polar surface area (TPSA) is 47.8 Å². The van der Waals surface area contributed by atoms with Gasteiger partial charge < -0.3 is 0 Å². The van der Waals surface area contributed by atoms with Crippen LogP contribution in [0.4, 0.5) is 8.78 Å². The fourth-order valence-electron chi connectivity index (χ4n) is 1.16. The molecule has 1 heterocycles. The predicted octanol–water partition coefficient (Wildman–Crippen LogP) is 1.36. The first-order chi connectivity index (χ1) is 7.22. The second-order valence-electron chi connectivity index (χ2n) is 2.76. The molecule has 2 rings (SSSR count). The fraction of sp³-hybridized carbons (Fsp3) is 0. The minimum absolute atomic E-state index is 0.00917. The van der Waals surface area contributed by atoms with Crippen molar-refractivity contribution in [3.05, 3.63) is 41.7 Å². The number of benzene rings is 1. The van der Waals surface area contributed by atoms with Crippen LogP contribution in [0.3, 0.4) is 0 Å². The highest BCUT2D eigenvalue weighted by molar-refractivity contribution is 5.80. The van der Waals surface area contributed by atoms with E-state index >= 15 is 0 Å². The molecule has 0 atom stereocenters. The zero-order valence-electron chi connectivity index (χ0n) is 7.39. The molecular weight excluding hydrogens is 204 g/mol. The number of hydrogen-bond acceptors (Lipinski definition) is 3. The molecule has 15 heavy (non-hydrogen) atoms. The molecule has 2 aromatic rings. The second-order valence-corrected chi connectivity index (χ2v) is 2.76. The first-order valence-electron chi connectivity index (χ1n) is 4.03. The Bertz CT molecular complexity index is 496. The van der Waals surface area contributed by atoms with E-state index in [1.165, 1.54) is 12.4 Å². The lowest BCUT2D eigenvalue weighted by Gasteiger charge is -2.03. The van der Waals surface area contributed by atoms with Crippen LogP contribution in [0.1, 0.15) is 10.4 Å². The molecule has 0 amide bonds. The van der Waals surface area contributed by atoms with E-state index in [1.807, 2.05) is 0 Å². The van der Waals surface area contributed by atoms with Crippen LogP contribution in [0.15, 0.2) is 24.5 Å². The van der Waals surface area contributed by atoms with Gasteiger partial charge in [-0.15, -0.1) is 0 Å². The van der Waals surface area contributed by atoms with Crippen molar-refractivity contribution < 1.29 is 13.6 Å². The van der Waals surface area contributed by atoms with Crippen LogP contribution >= 0.6 is 0 Å². The zero-order valence-corrected chi connectivity index (χ0v) is 7.39. The van der Waals surface area contributed by atoms with Gasteiger partial charge in [-0.05, 0) is 6.07 Å². The van der Waals surface area contributed by atoms with Gasteiger partial charge in [-0.2, -0.15) is 15.0 Å². The molecular formula is C9H5F2N3O. The minimum atomic E-state index is -1.08. The summed E-state index contributed by atoms with van der Waals surface area (Å²) in [5.74, 6) is -2.12. The first-order valence-corrected chi connectivity index (χ1v) is 4.03. The standard InChI is InChI=1S/C9H5F2N3O/c10-7-3-6(5-15)9(4-8(7)11)14-12-1-2-13-14/h1-5H. The molecule has 0 bridgehead atoms. The molecule has 4 nitrogen and oxygen atoms in total. The molecule has 0 aliphatic carbocycles. The summed E-state index contributed by atoms with van der Waals surface area (Å²) in [6.07, 6.45) is 3.16. The van der Waals surface area contributed by atoms with E-state index in [2.05, 4.69) is 10.2 Å².